The van der Waals surface area contributed by atoms with Gasteiger partial charge in [-0.2, -0.15) is 0 Å². The van der Waals surface area contributed by atoms with Gasteiger partial charge in [-0.05, 0) is 19.6 Å². The molecule has 0 aromatic heterocycles. The lowest BCUT2D eigenvalue weighted by Crippen LogP contribution is -2.25. The summed E-state index contributed by atoms with van der Waals surface area (Å²) >= 11 is 1.70. The summed E-state index contributed by atoms with van der Waals surface area (Å²) in [5.74, 6) is 0. The highest BCUT2D eigenvalue weighted by molar-refractivity contribution is 8.04. The molecule has 0 aliphatic carbocycles. The van der Waals surface area contributed by atoms with Crippen LogP contribution in [0, 0.1) is 0 Å². The lowest BCUT2D eigenvalue weighted by molar-refractivity contribution is 0.314. The second-order valence-electron chi connectivity index (χ2n) is 5.10. The van der Waals surface area contributed by atoms with Gasteiger partial charge in [-0.1, -0.05) is 32.5 Å². The predicted octanol–water partition coefficient (Wildman–Crippen LogP) is 3.81. The summed E-state index contributed by atoms with van der Waals surface area (Å²) in [6.07, 6.45) is 1.69. The van der Waals surface area contributed by atoms with Crippen LogP contribution in [0.5, 0.6) is 0 Å². The largest absolute Gasteiger partial charge is 0.538 e. The fourth-order valence-electron chi connectivity index (χ4n) is 0.769. The molecule has 14 heavy (non-hydrogen) atoms. The van der Waals surface area contributed by atoms with Crippen LogP contribution in [0.3, 0.4) is 0 Å². The van der Waals surface area contributed by atoms with Crippen molar-refractivity contribution in [2.24, 2.45) is 0 Å². The van der Waals surface area contributed by atoms with Crippen LogP contribution in [0.15, 0.2) is 11.4 Å². The quantitative estimate of drug-likeness (QED) is 0.544. The van der Waals surface area contributed by atoms with Gasteiger partial charge < -0.3 is 9.16 Å². The Morgan fingerprint density at radius 1 is 1.21 bits per heavy atom. The lowest BCUT2D eigenvalue weighted by Gasteiger charge is -2.25. The molecule has 0 fully saturated rings. The Hall–Kier alpha value is -0.0931. The van der Waals surface area contributed by atoms with E-state index in [1.807, 2.05) is 0 Å². The van der Waals surface area contributed by atoms with Gasteiger partial charge in [0.1, 0.15) is 6.26 Å². The summed E-state index contributed by atoms with van der Waals surface area (Å²) in [6, 6.07) is 0. The molecule has 4 heteroatoms. The molecule has 0 N–H and O–H groups in total. The zero-order chi connectivity index (χ0) is 11.4. The molecular weight excluding hydrogens is 212 g/mol. The molecule has 0 amide bonds. The third-order valence-corrected chi connectivity index (χ3v) is 3.00. The van der Waals surface area contributed by atoms with Gasteiger partial charge in [-0.15, -0.1) is 0 Å². The molecule has 0 aliphatic heterocycles. The van der Waals surface area contributed by atoms with Gasteiger partial charge in [-0.3, -0.25) is 0 Å². The fourth-order valence-corrected chi connectivity index (χ4v) is 3.08. The number of thioether (sulfide) groups is 1. The van der Waals surface area contributed by atoms with E-state index in [1.165, 1.54) is 0 Å². The molecule has 0 heterocycles. The van der Waals surface area contributed by atoms with E-state index in [0.717, 1.165) is 5.09 Å². The van der Waals surface area contributed by atoms with E-state index in [0.29, 0.717) is 0 Å². The van der Waals surface area contributed by atoms with Gasteiger partial charge in [0.15, 0.2) is 5.09 Å². The molecule has 0 rings (SSSR count). The first-order chi connectivity index (χ1) is 6.14. The van der Waals surface area contributed by atoms with Crippen molar-refractivity contribution in [1.82, 2.24) is 0 Å². The van der Waals surface area contributed by atoms with Crippen LogP contribution in [0.4, 0.5) is 0 Å². The average Bonchev–Trinajstić information content (AvgIpc) is 1.78. The van der Waals surface area contributed by atoms with Crippen molar-refractivity contribution >= 4 is 20.1 Å². The van der Waals surface area contributed by atoms with Crippen molar-refractivity contribution in [3.63, 3.8) is 0 Å². The molecule has 84 valence electrons. The zero-order valence-corrected chi connectivity index (χ0v) is 12.1. The topological polar surface area (TPSA) is 18.5 Å². The molecule has 0 aromatic carbocycles. The molecule has 0 atom stereocenters. The monoisotopic (exact) mass is 234 g/mol. The summed E-state index contributed by atoms with van der Waals surface area (Å²) in [4.78, 5) is 0. The lowest BCUT2D eigenvalue weighted by atomic mass is 10.3. The van der Waals surface area contributed by atoms with Crippen LogP contribution in [0.2, 0.25) is 19.6 Å². The van der Waals surface area contributed by atoms with Crippen molar-refractivity contribution in [2.45, 2.75) is 45.2 Å². The zero-order valence-electron chi connectivity index (χ0n) is 10.3. The van der Waals surface area contributed by atoms with Gasteiger partial charge >= 0.3 is 0 Å². The van der Waals surface area contributed by atoms with Crippen molar-refractivity contribution in [1.29, 1.82) is 0 Å². The summed E-state index contributed by atoms with van der Waals surface area (Å²) in [6.45, 7) is 13.0. The molecule has 2 nitrogen and oxygen atoms in total. The van der Waals surface area contributed by atoms with Crippen LogP contribution in [-0.4, -0.2) is 20.2 Å². The Morgan fingerprint density at radius 3 is 2.00 bits per heavy atom. The highest BCUT2D eigenvalue weighted by atomic mass is 32.2. The minimum Gasteiger partial charge on any atom is -0.538 e. The Labute approximate surface area is 93.2 Å². The molecule has 0 aliphatic rings. The van der Waals surface area contributed by atoms with E-state index in [1.54, 1.807) is 25.1 Å². The maximum absolute atomic E-state index is 5.89. The van der Waals surface area contributed by atoms with Gasteiger partial charge in [0, 0.05) is 4.75 Å². The number of rotatable bonds is 4. The maximum Gasteiger partial charge on any atom is 0.243 e. The van der Waals surface area contributed by atoms with E-state index in [9.17, 15) is 0 Å². The highest BCUT2D eigenvalue weighted by Crippen LogP contribution is 2.33. The standard InChI is InChI=1S/C10H22O2SSi/c1-10(2,3)13-9(8-11-4)12-14(5,6)7/h8H,1-7H3/b9-8-. The number of hydrogen-bond donors (Lipinski definition) is 0. The third-order valence-electron chi connectivity index (χ3n) is 1.03. The smallest absolute Gasteiger partial charge is 0.243 e. The van der Waals surface area contributed by atoms with Gasteiger partial charge in [-0.25, -0.2) is 0 Å². The fraction of sp³-hybridized carbons (Fsp3) is 0.800. The molecule has 0 saturated heterocycles. The Morgan fingerprint density at radius 2 is 1.71 bits per heavy atom. The predicted molar refractivity (Wildman–Crippen MR) is 66.9 cm³/mol. The van der Waals surface area contributed by atoms with Crippen LogP contribution in [0.25, 0.3) is 0 Å². The van der Waals surface area contributed by atoms with Crippen molar-refractivity contribution < 1.29 is 9.16 Å². The normalized spacial score (nSPS) is 14.1. The van der Waals surface area contributed by atoms with Gasteiger partial charge in [0.2, 0.25) is 8.32 Å². The second kappa shape index (κ2) is 5.12. The first kappa shape index (κ1) is 13.9. The second-order valence-corrected chi connectivity index (χ2v) is 11.4. The molecule has 0 spiro atoms. The summed E-state index contributed by atoms with van der Waals surface area (Å²) < 4.78 is 11.1. The van der Waals surface area contributed by atoms with E-state index < -0.39 is 8.32 Å². The Kier molecular flexibility index (Phi) is 5.08. The molecule has 0 unspecified atom stereocenters. The van der Waals surface area contributed by atoms with Gasteiger partial charge in [0.25, 0.3) is 0 Å². The minimum absolute atomic E-state index is 0.157. The molecular formula is C10H22O2SSi. The van der Waals surface area contributed by atoms with Crippen molar-refractivity contribution in [2.75, 3.05) is 7.11 Å². The SMILES string of the molecule is CO/C=C(/O[Si](C)(C)C)SC(C)(C)C. The van der Waals surface area contributed by atoms with E-state index in [-0.39, 0.29) is 4.75 Å². The number of hydrogen-bond acceptors (Lipinski definition) is 3. The summed E-state index contributed by atoms with van der Waals surface area (Å²) in [5.41, 5.74) is 0. The first-order valence-electron chi connectivity index (χ1n) is 4.75. The average molecular weight is 234 g/mol. The van der Waals surface area contributed by atoms with Crippen molar-refractivity contribution in [3.05, 3.63) is 11.4 Å². The Bertz CT molecular complexity index is 183. The summed E-state index contributed by atoms with van der Waals surface area (Å²) in [5, 5.41) is 0.888. The number of methoxy groups -OCH3 is 1. The van der Waals surface area contributed by atoms with Crippen molar-refractivity contribution in [3.8, 4) is 0 Å². The third kappa shape index (κ3) is 8.50. The summed E-state index contributed by atoms with van der Waals surface area (Å²) in [7, 11) is 0.123. The van der Waals surface area contributed by atoms with E-state index >= 15 is 0 Å². The highest BCUT2D eigenvalue weighted by Gasteiger charge is 2.22. The molecule has 0 bridgehead atoms. The van der Waals surface area contributed by atoms with Crippen LogP contribution in [0.1, 0.15) is 20.8 Å². The Balaban J connectivity index is 4.41. The number of ether oxygens (including phenoxy) is 1. The van der Waals surface area contributed by atoms with Crippen LogP contribution >= 0.6 is 11.8 Å². The van der Waals surface area contributed by atoms with Crippen LogP contribution < -0.4 is 0 Å². The molecule has 0 aromatic rings. The maximum atomic E-state index is 5.89. The van der Waals surface area contributed by atoms with E-state index in [2.05, 4.69) is 40.4 Å². The molecule has 0 saturated carbocycles. The first-order valence-corrected chi connectivity index (χ1v) is 8.97. The van der Waals surface area contributed by atoms with E-state index in [4.69, 9.17) is 9.16 Å². The van der Waals surface area contributed by atoms with Gasteiger partial charge in [0.05, 0.1) is 7.11 Å². The minimum atomic E-state index is -1.53. The molecule has 0 radical (unpaired) electrons. The van der Waals surface area contributed by atoms with Crippen LogP contribution in [-0.2, 0) is 9.16 Å².